The van der Waals surface area contributed by atoms with Crippen LogP contribution in [-0.2, 0) is 11.8 Å². The Morgan fingerprint density at radius 3 is 2.89 bits per heavy atom. The van der Waals surface area contributed by atoms with E-state index in [0.29, 0.717) is 52.9 Å². The number of thioether (sulfide) groups is 1. The second kappa shape index (κ2) is 10.8. The molecule has 0 bridgehead atoms. The van der Waals surface area contributed by atoms with Crippen LogP contribution in [0.5, 0.6) is 5.88 Å². The highest BCUT2D eigenvalue weighted by Crippen LogP contribution is 2.24. The van der Waals surface area contributed by atoms with Gasteiger partial charge in [0.05, 0.1) is 16.4 Å². The van der Waals surface area contributed by atoms with E-state index in [-0.39, 0.29) is 22.7 Å². The third-order valence-corrected chi connectivity index (χ3v) is 6.53. The van der Waals surface area contributed by atoms with E-state index >= 15 is 0 Å². The van der Waals surface area contributed by atoms with Crippen LogP contribution in [0.15, 0.2) is 45.9 Å². The van der Waals surface area contributed by atoms with Gasteiger partial charge in [-0.05, 0) is 40.5 Å². The molecule has 12 nitrogen and oxygen atoms in total. The molecule has 3 heterocycles. The zero-order valence-corrected chi connectivity index (χ0v) is 21.0. The Morgan fingerprint density at radius 1 is 1.34 bits per heavy atom. The highest BCUT2D eigenvalue weighted by atomic mass is 79.9. The van der Waals surface area contributed by atoms with Crippen LogP contribution in [0.4, 0.5) is 22.2 Å². The van der Waals surface area contributed by atoms with Gasteiger partial charge in [0.2, 0.25) is 17.7 Å². The summed E-state index contributed by atoms with van der Waals surface area (Å²) in [6.45, 7) is 1.00. The zero-order chi connectivity index (χ0) is 24.9. The van der Waals surface area contributed by atoms with Gasteiger partial charge in [0.25, 0.3) is 5.24 Å². The van der Waals surface area contributed by atoms with Crippen LogP contribution in [0.3, 0.4) is 0 Å². The van der Waals surface area contributed by atoms with Gasteiger partial charge in [-0.15, -0.1) is 0 Å². The van der Waals surface area contributed by atoms with Crippen molar-refractivity contribution in [2.45, 2.75) is 12.5 Å². The second-order valence-corrected chi connectivity index (χ2v) is 9.50. The summed E-state index contributed by atoms with van der Waals surface area (Å²) in [5, 5.41) is 21.6. The van der Waals surface area contributed by atoms with E-state index in [9.17, 15) is 19.5 Å². The van der Waals surface area contributed by atoms with Crippen LogP contribution >= 0.6 is 27.7 Å². The molecule has 1 fully saturated rings. The number of nitrogens with one attached hydrogen (secondary N) is 4. The number of aromatic hydroxyl groups is 1. The van der Waals surface area contributed by atoms with Crippen molar-refractivity contribution in [3.8, 4) is 11.6 Å². The molecule has 0 unspecified atom stereocenters. The zero-order valence-electron chi connectivity index (χ0n) is 18.6. The van der Waals surface area contributed by atoms with Gasteiger partial charge in [0.15, 0.2) is 0 Å². The van der Waals surface area contributed by atoms with Crippen molar-refractivity contribution in [2.24, 2.45) is 7.05 Å². The molecule has 1 saturated heterocycles. The Hall–Kier alpha value is -3.52. The maximum atomic E-state index is 12.3. The Morgan fingerprint density at radius 2 is 2.17 bits per heavy atom. The summed E-state index contributed by atoms with van der Waals surface area (Å²) in [6, 6.07) is 6.47. The largest absolute Gasteiger partial charge is 0.493 e. The molecule has 2 aromatic heterocycles. The van der Waals surface area contributed by atoms with Crippen LogP contribution in [0.25, 0.3) is 5.69 Å². The summed E-state index contributed by atoms with van der Waals surface area (Å²) in [6.07, 6.45) is 3.60. The molecule has 1 aliphatic rings. The van der Waals surface area contributed by atoms with Crippen molar-refractivity contribution < 1.29 is 14.7 Å². The van der Waals surface area contributed by atoms with Crippen molar-refractivity contribution in [3.05, 3.63) is 51.6 Å². The molecule has 184 valence electrons. The fourth-order valence-electron chi connectivity index (χ4n) is 3.34. The first-order valence-electron chi connectivity index (χ1n) is 10.6. The number of nitrogens with zero attached hydrogens (tertiary/aromatic N) is 4. The van der Waals surface area contributed by atoms with Gasteiger partial charge in [-0.1, -0.05) is 17.8 Å². The molecular formula is C21H23BrN8O4S. The van der Waals surface area contributed by atoms with Gasteiger partial charge in [-0.2, -0.15) is 4.98 Å². The first-order valence-corrected chi connectivity index (χ1v) is 12.4. The quantitative estimate of drug-likeness (QED) is 0.246. The lowest BCUT2D eigenvalue weighted by Gasteiger charge is -2.12. The van der Waals surface area contributed by atoms with Gasteiger partial charge in [-0.25, -0.2) is 14.3 Å². The van der Waals surface area contributed by atoms with Gasteiger partial charge in [0, 0.05) is 37.8 Å². The number of halogens is 1. The van der Waals surface area contributed by atoms with E-state index in [4.69, 9.17) is 0 Å². The number of benzene rings is 1. The molecule has 3 aromatic rings. The number of aryl methyl sites for hydroxylation is 1. The smallest absolute Gasteiger partial charge is 0.335 e. The minimum absolute atomic E-state index is 0.163. The van der Waals surface area contributed by atoms with Crippen molar-refractivity contribution in [1.29, 1.82) is 0 Å². The molecule has 0 aliphatic carbocycles. The lowest BCUT2D eigenvalue weighted by molar-refractivity contribution is -0.122. The molecule has 2 amide bonds. The van der Waals surface area contributed by atoms with Crippen LogP contribution in [0, 0.1) is 0 Å². The van der Waals surface area contributed by atoms with Crippen LogP contribution in [-0.4, -0.2) is 60.2 Å². The van der Waals surface area contributed by atoms with E-state index in [0.717, 1.165) is 11.8 Å². The Kier molecular flexibility index (Phi) is 7.60. The average Bonchev–Trinajstić information content (AvgIpc) is 3.37. The molecule has 1 aliphatic heterocycles. The van der Waals surface area contributed by atoms with Crippen molar-refractivity contribution in [2.75, 3.05) is 29.5 Å². The van der Waals surface area contributed by atoms with Gasteiger partial charge in [-0.3, -0.25) is 14.2 Å². The van der Waals surface area contributed by atoms with E-state index < -0.39 is 6.04 Å². The van der Waals surface area contributed by atoms with Crippen molar-refractivity contribution in [1.82, 2.24) is 29.7 Å². The second-order valence-electron chi connectivity index (χ2n) is 7.65. The van der Waals surface area contributed by atoms with Crippen LogP contribution in [0.2, 0.25) is 0 Å². The minimum Gasteiger partial charge on any atom is -0.493 e. The summed E-state index contributed by atoms with van der Waals surface area (Å²) in [5.74, 6) is 0.996. The van der Waals surface area contributed by atoms with Crippen LogP contribution in [0.1, 0.15) is 6.42 Å². The number of imidazole rings is 1. The third kappa shape index (κ3) is 5.95. The molecule has 0 spiro atoms. The standard InChI is InChI=1S/C21H23BrN8O4S/c1-29-10-16(31)30(21(29)34)13-5-2-4-12(8-13)26-19-25-9-14(22)17(28-19)23-6-3-7-24-18(32)15-11-35-20(33)27-15/h2,4-5,8-10,15,31H,3,6-7,11H2,1H3,(H,24,32)(H,27,33)(H2,23,25,26,28)/t15-/m0/s1. The Balaban J connectivity index is 1.33. The molecule has 14 heteroatoms. The predicted molar refractivity (Wildman–Crippen MR) is 137 cm³/mol. The fraction of sp³-hybridized carbons (Fsp3) is 0.286. The number of carbonyl (C=O) groups excluding carboxylic acids is 2. The number of hydrogen-bond donors (Lipinski definition) is 5. The third-order valence-electron chi connectivity index (χ3n) is 5.07. The minimum atomic E-state index is -0.479. The Bertz CT molecular complexity index is 1310. The molecule has 1 aromatic carbocycles. The van der Waals surface area contributed by atoms with E-state index in [2.05, 4.69) is 47.2 Å². The van der Waals surface area contributed by atoms with Gasteiger partial charge >= 0.3 is 5.69 Å². The maximum Gasteiger partial charge on any atom is 0.335 e. The molecule has 0 radical (unpaired) electrons. The number of rotatable bonds is 9. The predicted octanol–water partition coefficient (Wildman–Crippen LogP) is 1.92. The van der Waals surface area contributed by atoms with Gasteiger partial charge in [0.1, 0.15) is 11.9 Å². The molecule has 1 atom stereocenters. The van der Waals surface area contributed by atoms with Crippen LogP contribution < -0.4 is 27.0 Å². The molecule has 35 heavy (non-hydrogen) atoms. The SMILES string of the molecule is Cn1cc(O)n(-c2cccc(Nc3ncc(Br)c(NCCCNC(=O)[C@@H]4CSC(=O)N4)n3)c2)c1=O. The first kappa shape index (κ1) is 24.6. The lowest BCUT2D eigenvalue weighted by atomic mass is 10.2. The van der Waals surface area contributed by atoms with E-state index in [1.165, 1.54) is 15.3 Å². The average molecular weight is 563 g/mol. The summed E-state index contributed by atoms with van der Waals surface area (Å²) < 4.78 is 3.16. The molecule has 0 saturated carbocycles. The summed E-state index contributed by atoms with van der Waals surface area (Å²) >= 11 is 4.53. The lowest BCUT2D eigenvalue weighted by Crippen LogP contribution is -2.43. The number of hydrogen-bond acceptors (Lipinski definition) is 9. The van der Waals surface area contributed by atoms with E-state index in [1.54, 1.807) is 37.5 Å². The maximum absolute atomic E-state index is 12.3. The summed E-state index contributed by atoms with van der Waals surface area (Å²) in [7, 11) is 1.56. The highest BCUT2D eigenvalue weighted by Gasteiger charge is 2.27. The number of anilines is 3. The van der Waals surface area contributed by atoms with Crippen molar-refractivity contribution in [3.63, 3.8) is 0 Å². The fourth-order valence-corrected chi connectivity index (χ4v) is 4.45. The Labute approximate surface area is 212 Å². The topological polar surface area (TPSA) is 155 Å². The first-order chi connectivity index (χ1) is 16.8. The van der Waals surface area contributed by atoms with Gasteiger partial charge < -0.3 is 26.4 Å². The van der Waals surface area contributed by atoms with Crippen molar-refractivity contribution >= 4 is 56.3 Å². The normalized spacial score (nSPS) is 15.0. The highest BCUT2D eigenvalue weighted by molar-refractivity contribution is 9.10. The monoisotopic (exact) mass is 562 g/mol. The molecule has 5 N–H and O–H groups in total. The summed E-state index contributed by atoms with van der Waals surface area (Å²) in [5.41, 5.74) is 0.756. The number of carbonyl (C=O) groups is 2. The number of amides is 2. The molecule has 4 rings (SSSR count). The number of aromatic nitrogens is 4. The van der Waals surface area contributed by atoms with E-state index in [1.807, 2.05) is 0 Å². The summed E-state index contributed by atoms with van der Waals surface area (Å²) in [4.78, 5) is 44.2. The molecular weight excluding hydrogens is 540 g/mol.